The second kappa shape index (κ2) is 8.58. The first-order valence-electron chi connectivity index (χ1n) is 9.80. The van der Waals surface area contributed by atoms with Crippen molar-refractivity contribution in [1.29, 1.82) is 0 Å². The highest BCUT2D eigenvalue weighted by molar-refractivity contribution is 6.02. The van der Waals surface area contributed by atoms with Gasteiger partial charge in [-0.2, -0.15) is 4.98 Å². The van der Waals surface area contributed by atoms with Crippen LogP contribution < -0.4 is 5.32 Å². The van der Waals surface area contributed by atoms with Gasteiger partial charge in [-0.05, 0) is 37.1 Å². The smallest absolute Gasteiger partial charge is 0.339 e. The van der Waals surface area contributed by atoms with E-state index in [1.54, 1.807) is 44.2 Å². The van der Waals surface area contributed by atoms with Crippen LogP contribution in [0.1, 0.15) is 40.4 Å². The predicted octanol–water partition coefficient (Wildman–Crippen LogP) is 3.15. The number of amides is 3. The Bertz CT molecular complexity index is 1190. The van der Waals surface area contributed by atoms with E-state index >= 15 is 0 Å². The molecule has 9 nitrogen and oxygen atoms in total. The number of aromatic nitrogens is 2. The molecule has 3 amide bonds. The number of imide groups is 1. The van der Waals surface area contributed by atoms with Crippen LogP contribution in [0.2, 0.25) is 0 Å². The number of hydrogen-bond donors (Lipinski definition) is 1. The second-order valence-electron chi connectivity index (χ2n) is 7.26. The van der Waals surface area contributed by atoms with Crippen molar-refractivity contribution in [3.63, 3.8) is 0 Å². The first kappa shape index (κ1) is 21.2. The van der Waals surface area contributed by atoms with Crippen molar-refractivity contribution in [3.8, 4) is 11.4 Å². The number of nitrogens with one attached hydrogen (secondary N) is 1. The van der Waals surface area contributed by atoms with Crippen LogP contribution in [-0.2, 0) is 16.1 Å². The van der Waals surface area contributed by atoms with Crippen LogP contribution in [0.4, 0.5) is 9.18 Å². The molecule has 0 saturated carbocycles. The lowest BCUT2D eigenvalue weighted by Gasteiger charge is -2.16. The van der Waals surface area contributed by atoms with Gasteiger partial charge < -0.3 is 14.6 Å². The minimum absolute atomic E-state index is 0.0425. The molecule has 1 fully saturated rings. The zero-order chi connectivity index (χ0) is 22.8. The average molecular weight is 438 g/mol. The minimum Gasteiger partial charge on any atom is -0.449 e. The normalized spacial score (nSPS) is 14.4. The Kier molecular flexibility index (Phi) is 5.67. The van der Waals surface area contributed by atoms with E-state index < -0.39 is 23.9 Å². The number of ether oxygens (including phenoxy) is 1. The maximum Gasteiger partial charge on any atom is 0.339 e. The molecule has 0 bridgehead atoms. The molecule has 3 aromatic rings. The van der Waals surface area contributed by atoms with E-state index in [-0.39, 0.29) is 36.3 Å². The molecule has 4 rings (SSSR count). The van der Waals surface area contributed by atoms with Gasteiger partial charge in [-0.25, -0.2) is 14.0 Å². The third-order valence-corrected chi connectivity index (χ3v) is 5.01. The Balaban J connectivity index is 1.49. The number of halogens is 1. The Labute approximate surface area is 182 Å². The van der Waals surface area contributed by atoms with Crippen molar-refractivity contribution in [3.05, 3.63) is 70.9 Å². The number of urea groups is 1. The minimum atomic E-state index is -0.885. The summed E-state index contributed by atoms with van der Waals surface area (Å²) in [4.78, 5) is 41.7. The summed E-state index contributed by atoms with van der Waals surface area (Å²) >= 11 is 0. The number of carbonyl (C=O) groups excluding carboxylic acids is 3. The molecule has 1 aliphatic heterocycles. The fraction of sp³-hybridized carbons (Fsp3) is 0.227. The molecule has 10 heteroatoms. The molecule has 2 aromatic carbocycles. The number of nitrogens with zero attached hydrogens (tertiary/aromatic N) is 3. The molecule has 1 atom stereocenters. The molecular weight excluding hydrogens is 419 g/mol. The van der Waals surface area contributed by atoms with Gasteiger partial charge in [0.1, 0.15) is 5.82 Å². The topological polar surface area (TPSA) is 115 Å². The maximum atomic E-state index is 13.8. The van der Waals surface area contributed by atoms with E-state index in [1.807, 2.05) is 0 Å². The van der Waals surface area contributed by atoms with Crippen LogP contribution >= 0.6 is 0 Å². The van der Waals surface area contributed by atoms with Gasteiger partial charge >= 0.3 is 12.0 Å². The first-order valence-corrected chi connectivity index (χ1v) is 9.80. The van der Waals surface area contributed by atoms with Gasteiger partial charge in [0.15, 0.2) is 6.10 Å². The first-order chi connectivity index (χ1) is 15.3. The zero-order valence-electron chi connectivity index (χ0n) is 17.3. The molecule has 1 saturated heterocycles. The highest BCUT2D eigenvalue weighted by Crippen LogP contribution is 2.24. The van der Waals surface area contributed by atoms with Crippen LogP contribution in [0.3, 0.4) is 0 Å². The Morgan fingerprint density at radius 1 is 1.28 bits per heavy atom. The SMILES string of the molecule is Cc1ccc(-c2noc([C@@H](C)OC(=O)c3ccccc3CN3C(=O)CNC3=O)n2)cc1F. The van der Waals surface area contributed by atoms with Crippen molar-refractivity contribution in [2.24, 2.45) is 0 Å². The average Bonchev–Trinajstić information content (AvgIpc) is 3.39. The van der Waals surface area contributed by atoms with E-state index in [0.29, 0.717) is 16.7 Å². The summed E-state index contributed by atoms with van der Waals surface area (Å²) in [5.74, 6) is -1.24. The molecule has 0 unspecified atom stereocenters. The Morgan fingerprint density at radius 3 is 2.78 bits per heavy atom. The molecule has 1 N–H and O–H groups in total. The van der Waals surface area contributed by atoms with Crippen molar-refractivity contribution in [2.45, 2.75) is 26.5 Å². The molecule has 164 valence electrons. The summed E-state index contributed by atoms with van der Waals surface area (Å²) in [6.45, 7) is 3.07. The Morgan fingerprint density at radius 2 is 2.06 bits per heavy atom. The zero-order valence-corrected chi connectivity index (χ0v) is 17.3. The second-order valence-corrected chi connectivity index (χ2v) is 7.26. The fourth-order valence-corrected chi connectivity index (χ4v) is 3.17. The van der Waals surface area contributed by atoms with E-state index in [2.05, 4.69) is 15.5 Å². The number of esters is 1. The molecule has 1 aliphatic rings. The molecule has 2 heterocycles. The van der Waals surface area contributed by atoms with Gasteiger partial charge in [0.05, 0.1) is 18.7 Å². The predicted molar refractivity (Wildman–Crippen MR) is 109 cm³/mol. The summed E-state index contributed by atoms with van der Waals surface area (Å²) in [7, 11) is 0. The molecule has 0 radical (unpaired) electrons. The molecular formula is C22H19FN4O5. The van der Waals surface area contributed by atoms with Gasteiger partial charge in [0.2, 0.25) is 11.7 Å². The monoisotopic (exact) mass is 438 g/mol. The van der Waals surface area contributed by atoms with Gasteiger partial charge in [-0.1, -0.05) is 35.5 Å². The van der Waals surface area contributed by atoms with Crippen LogP contribution in [0, 0.1) is 12.7 Å². The van der Waals surface area contributed by atoms with Crippen molar-refractivity contribution < 1.29 is 28.0 Å². The number of hydrogen-bond acceptors (Lipinski definition) is 7. The third kappa shape index (κ3) is 4.20. The molecule has 1 aromatic heterocycles. The summed E-state index contributed by atoms with van der Waals surface area (Å²) in [6.07, 6.45) is -0.885. The maximum absolute atomic E-state index is 13.8. The van der Waals surface area contributed by atoms with E-state index in [1.165, 1.54) is 12.1 Å². The van der Waals surface area contributed by atoms with Crippen LogP contribution in [0.5, 0.6) is 0 Å². The van der Waals surface area contributed by atoms with Crippen molar-refractivity contribution in [1.82, 2.24) is 20.4 Å². The summed E-state index contributed by atoms with van der Waals surface area (Å²) in [6, 6.07) is 10.6. The van der Waals surface area contributed by atoms with Crippen molar-refractivity contribution in [2.75, 3.05) is 6.54 Å². The molecule has 32 heavy (non-hydrogen) atoms. The van der Waals surface area contributed by atoms with Gasteiger partial charge in [-0.15, -0.1) is 0 Å². The van der Waals surface area contributed by atoms with E-state index in [9.17, 15) is 18.8 Å². The summed E-state index contributed by atoms with van der Waals surface area (Å²) in [5.41, 5.74) is 1.58. The van der Waals surface area contributed by atoms with Crippen molar-refractivity contribution >= 4 is 17.9 Å². The quantitative estimate of drug-likeness (QED) is 0.464. The lowest BCUT2D eigenvalue weighted by Crippen LogP contribution is -2.31. The molecule has 0 spiro atoms. The highest BCUT2D eigenvalue weighted by atomic mass is 19.1. The van der Waals surface area contributed by atoms with E-state index in [0.717, 1.165) is 4.90 Å². The number of rotatable bonds is 6. The van der Waals surface area contributed by atoms with Gasteiger partial charge in [-0.3, -0.25) is 9.69 Å². The molecule has 0 aliphatic carbocycles. The Hall–Kier alpha value is -4.08. The lowest BCUT2D eigenvalue weighted by atomic mass is 10.1. The van der Waals surface area contributed by atoms with Gasteiger partial charge in [0, 0.05) is 5.56 Å². The van der Waals surface area contributed by atoms with E-state index in [4.69, 9.17) is 9.26 Å². The standard InChI is InChI=1S/C22H19FN4O5/c1-12-7-8-14(9-17(12)23)19-25-20(32-26-19)13(2)31-21(29)16-6-4-3-5-15(16)11-27-18(28)10-24-22(27)30/h3-9,13H,10-11H2,1-2H3,(H,24,30)/t13-/m1/s1. The third-order valence-electron chi connectivity index (χ3n) is 5.01. The summed E-state index contributed by atoms with van der Waals surface area (Å²) < 4.78 is 24.5. The van der Waals surface area contributed by atoms with Crippen LogP contribution in [-0.4, -0.2) is 39.5 Å². The number of benzene rings is 2. The number of aryl methyl sites for hydroxylation is 1. The fourth-order valence-electron chi connectivity index (χ4n) is 3.17. The highest BCUT2D eigenvalue weighted by Gasteiger charge is 2.30. The summed E-state index contributed by atoms with van der Waals surface area (Å²) in [5, 5.41) is 6.26. The largest absolute Gasteiger partial charge is 0.449 e. The number of carbonyl (C=O) groups is 3. The van der Waals surface area contributed by atoms with Gasteiger partial charge in [0.25, 0.3) is 5.89 Å². The van der Waals surface area contributed by atoms with Crippen LogP contribution in [0.15, 0.2) is 47.0 Å². The lowest BCUT2D eigenvalue weighted by molar-refractivity contribution is -0.125. The van der Waals surface area contributed by atoms with Crippen LogP contribution in [0.25, 0.3) is 11.4 Å².